The van der Waals surface area contributed by atoms with Gasteiger partial charge in [0.25, 0.3) is 11.8 Å². The molecular formula is C82H90Cl2F3N13O25. The fourth-order valence-electron chi connectivity index (χ4n) is 14.9. The van der Waals surface area contributed by atoms with E-state index in [4.69, 9.17) is 57.4 Å². The number of amides is 9. The predicted molar refractivity (Wildman–Crippen MR) is 431 cm³/mol. The number of hydrogen-bond donors (Lipinski definition) is 21. The number of halogens is 5. The van der Waals surface area contributed by atoms with E-state index in [1.807, 2.05) is 0 Å². The Bertz CT molecular complexity index is 5280. The lowest BCUT2D eigenvalue weighted by Crippen LogP contribution is -2.65. The Hall–Kier alpha value is -11.8. The van der Waals surface area contributed by atoms with Gasteiger partial charge in [-0.3, -0.25) is 53.6 Å². The monoisotopic (exact) mass is 1780 g/mol. The molecular weight excluding hydrogens is 1690 g/mol. The fourth-order valence-corrected chi connectivity index (χ4v) is 15.3. The number of carbonyl (C=O) groups excluding carboxylic acids is 9. The van der Waals surface area contributed by atoms with E-state index in [9.17, 15) is 78.3 Å². The van der Waals surface area contributed by atoms with Gasteiger partial charge in [0.1, 0.15) is 101 Å². The van der Waals surface area contributed by atoms with Crippen LogP contribution in [0.25, 0.3) is 11.1 Å². The minimum atomic E-state index is -5.02. The van der Waals surface area contributed by atoms with Gasteiger partial charge in [-0.2, -0.15) is 0 Å². The minimum absolute atomic E-state index is 0.0455. The largest absolute Gasteiger partial charge is 0.573 e. The van der Waals surface area contributed by atoms with Gasteiger partial charge in [0, 0.05) is 66.4 Å². The standard InChI is InChI=1S/C82H90Cl2F3N13O25/c1-7-92-100-79(118)62-45-25-42(102)26-51(104)59(45)44-19-36(11-14-50(44)103)60-75(114)99-64(78(117)97-62)66(107)38-13-16-53(47(84)21-38)121-55-23-39-22-54(120-52-15-12-37(20-46(52)83)65(106)63(98-73(112)48(89-6)17-33(2)3)77(116)94-49(27-57(88)105)74(113)95-61(39)76(115)96-60)69(55)124-80-70(68(109)67(108)56(32-101)122-80)123-58-28-81(5,71(110)34(4)119-58)91-30-35-18-40(31-90-29-35)72(111)93-41-9-8-10-43(24-41)125-82(85,86)87/h8-16,18-26,29,31,33-34,48-49,56,58,60-68,70-71,80,89,91-92,101-104,106-110H,7,17,27-28,30,32H2,1-6H3,(H2,88,105)(H,93,111)(H,94,116)(H,95,113)(H,96,115)(H,97,117)(H,98,112)(H,99,114)(H,100,118)/t34-,48+,49-,56+,58-,60+,61?,62+,63+,64-,65+,66+,67+,68-,70+,71+,80-,81-/m0/s1. The van der Waals surface area contributed by atoms with E-state index in [-0.39, 0.29) is 59.8 Å². The third-order valence-electron chi connectivity index (χ3n) is 21.2. The number of pyridine rings is 1. The van der Waals surface area contributed by atoms with Gasteiger partial charge in [-0.1, -0.05) is 68.2 Å². The average Bonchev–Trinajstić information content (AvgIpc) is 0.763. The molecule has 7 aliphatic rings. The number of hydrazine groups is 1. The normalized spacial score (nSPS) is 26.0. The zero-order chi connectivity index (χ0) is 90.5. The molecule has 22 N–H and O–H groups in total. The molecule has 18 atom stereocenters. The number of nitrogens with zero attached hydrogens (tertiary/aromatic N) is 1. The van der Waals surface area contributed by atoms with Crippen molar-refractivity contribution in [2.45, 2.75) is 176 Å². The zero-order valence-corrected chi connectivity index (χ0v) is 68.7. The van der Waals surface area contributed by atoms with Crippen LogP contribution < -0.4 is 83.4 Å². The number of nitrogens with one attached hydrogen (secondary N) is 11. The maximum Gasteiger partial charge on any atom is 0.573 e. The Kier molecular flexibility index (Phi) is 28.6. The lowest BCUT2D eigenvalue weighted by atomic mass is 9.84. The van der Waals surface area contributed by atoms with Crippen LogP contribution in [-0.4, -0.2) is 210 Å². The molecule has 0 aliphatic carbocycles. The number of phenolic OH excluding ortho intramolecular Hbond substituents is 3. The van der Waals surface area contributed by atoms with Gasteiger partial charge in [0.15, 0.2) is 23.9 Å². The lowest BCUT2D eigenvalue weighted by molar-refractivity contribution is -0.334. The van der Waals surface area contributed by atoms with Gasteiger partial charge in [-0.05, 0) is 139 Å². The molecule has 11 bridgehead atoms. The molecule has 38 nitrogen and oxygen atoms in total. The number of carbonyl (C=O) groups is 9. The van der Waals surface area contributed by atoms with Crippen molar-refractivity contribution in [3.63, 3.8) is 0 Å². The Labute approximate surface area is 719 Å². The number of aromatic hydroxyl groups is 3. The molecule has 9 amide bonds. The van der Waals surface area contributed by atoms with E-state index in [1.165, 1.54) is 50.6 Å². The first-order valence-electron chi connectivity index (χ1n) is 39.0. The number of aromatic nitrogens is 1. The topological polar surface area (TPSA) is 572 Å². The third-order valence-corrected chi connectivity index (χ3v) is 21.8. The molecule has 668 valence electrons. The van der Waals surface area contributed by atoms with Gasteiger partial charge in [0.05, 0.1) is 46.9 Å². The van der Waals surface area contributed by atoms with Gasteiger partial charge in [-0.15, -0.1) is 13.2 Å². The summed E-state index contributed by atoms with van der Waals surface area (Å²) in [6.07, 6.45) is -22.3. The minimum Gasteiger partial charge on any atom is -0.508 e. The number of benzene rings is 6. The molecule has 1 unspecified atom stereocenters. The molecule has 7 aromatic rings. The molecule has 2 fully saturated rings. The van der Waals surface area contributed by atoms with Crippen LogP contribution in [0.15, 0.2) is 122 Å². The summed E-state index contributed by atoms with van der Waals surface area (Å²) in [7, 11) is 1.46. The van der Waals surface area contributed by atoms with Crippen LogP contribution in [0, 0.1) is 5.92 Å². The van der Waals surface area contributed by atoms with Crippen molar-refractivity contribution in [3.05, 3.63) is 171 Å². The molecule has 6 aromatic carbocycles. The fraction of sp³-hybridized carbons (Fsp3) is 0.390. The molecule has 125 heavy (non-hydrogen) atoms. The van der Waals surface area contributed by atoms with Crippen molar-refractivity contribution in [2.75, 3.05) is 25.5 Å². The highest BCUT2D eigenvalue weighted by Gasteiger charge is 2.53. The van der Waals surface area contributed by atoms with Crippen LogP contribution in [0.2, 0.25) is 10.0 Å². The van der Waals surface area contributed by atoms with Crippen LogP contribution in [0.3, 0.4) is 0 Å². The molecule has 7 aliphatic heterocycles. The van der Waals surface area contributed by atoms with Crippen molar-refractivity contribution < 1.29 is 135 Å². The third kappa shape index (κ3) is 21.2. The van der Waals surface area contributed by atoms with E-state index >= 15 is 24.0 Å². The summed E-state index contributed by atoms with van der Waals surface area (Å²) in [6.45, 7) is 7.14. The molecule has 1 aromatic heterocycles. The number of ether oxygens (including phenoxy) is 7. The number of aliphatic hydroxyl groups excluding tert-OH is 6. The van der Waals surface area contributed by atoms with Gasteiger partial charge >= 0.3 is 6.36 Å². The molecule has 14 rings (SSSR count). The van der Waals surface area contributed by atoms with Crippen molar-refractivity contribution in [3.8, 4) is 62.9 Å². The summed E-state index contributed by atoms with van der Waals surface area (Å²) in [5.74, 6) is -16.8. The first kappa shape index (κ1) is 92.4. The van der Waals surface area contributed by atoms with Crippen LogP contribution in [0.1, 0.15) is 128 Å². The van der Waals surface area contributed by atoms with E-state index in [0.29, 0.717) is 5.56 Å². The number of likely N-dealkylation sites (N-methyl/N-ethyl adjacent to an activating group) is 1. The number of aliphatic hydroxyl groups is 6. The Morgan fingerprint density at radius 2 is 1.38 bits per heavy atom. The van der Waals surface area contributed by atoms with Crippen LogP contribution in [0.4, 0.5) is 18.9 Å². The summed E-state index contributed by atoms with van der Waals surface area (Å²) in [6, 6.07) is 5.52. The summed E-state index contributed by atoms with van der Waals surface area (Å²) >= 11 is 14.4. The Morgan fingerprint density at radius 3 is 2.02 bits per heavy atom. The van der Waals surface area contributed by atoms with Gasteiger partial charge < -0.3 is 133 Å². The highest BCUT2D eigenvalue weighted by molar-refractivity contribution is 6.32. The first-order valence-corrected chi connectivity index (χ1v) is 39.8. The highest BCUT2D eigenvalue weighted by atomic mass is 35.5. The Morgan fingerprint density at radius 1 is 0.728 bits per heavy atom. The quantitative estimate of drug-likeness (QED) is 0.0460. The molecule has 0 spiro atoms. The number of hydrogen-bond acceptors (Lipinski definition) is 29. The second-order valence-corrected chi connectivity index (χ2v) is 31.6. The number of anilines is 1. The zero-order valence-electron chi connectivity index (χ0n) is 67.2. The second-order valence-electron chi connectivity index (χ2n) is 30.8. The number of rotatable bonds is 21. The average molecular weight is 1790 g/mol. The Balaban J connectivity index is 1.01. The number of phenols is 3. The summed E-state index contributed by atoms with van der Waals surface area (Å²) < 4.78 is 82.6. The molecule has 0 saturated carbocycles. The number of alkyl halides is 3. The number of nitrogens with two attached hydrogens (primary N) is 1. The SMILES string of the molecule is CCNNC(=O)[C@@H]1NC(=O)[C@H]2NC(=O)[C@H](NC(=O)C3NC(=O)[C@H](CC(N)=O)NC(=O)[C@H](NC(=O)[C@@H](CC(C)C)NC)[C@H](O)c4ccc(c(Cl)c4)Oc4cc3cc(c4O[C@@H]3O[C@H](CO)[C@@H](O)[C@H](O)[C@H]3O[C@H]3C[C@](C)(NCc4cncc(C(=O)Nc5cccc(OC(F)(F)F)c5)c4)[C@H](O)[C@H](C)O3)Oc3ccc(cc3Cl)[C@H]2O)c2ccc(O)c(c2)-c2c(O)cc(O)cc21. The van der Waals surface area contributed by atoms with E-state index in [2.05, 4.69) is 68.4 Å². The van der Waals surface area contributed by atoms with Crippen molar-refractivity contribution in [2.24, 2.45) is 11.7 Å². The molecule has 8 heterocycles. The van der Waals surface area contributed by atoms with Gasteiger partial charge in [0.2, 0.25) is 53.4 Å². The van der Waals surface area contributed by atoms with Crippen LogP contribution in [0.5, 0.6) is 51.7 Å². The van der Waals surface area contributed by atoms with Gasteiger partial charge in [-0.25, -0.2) is 5.43 Å². The predicted octanol–water partition coefficient (Wildman–Crippen LogP) is 3.04. The molecule has 43 heteroatoms. The van der Waals surface area contributed by atoms with Crippen LogP contribution in [-0.2, 0) is 59.1 Å². The smallest absolute Gasteiger partial charge is 0.508 e. The van der Waals surface area contributed by atoms with Crippen molar-refractivity contribution >= 4 is 82.1 Å². The second kappa shape index (κ2) is 38.8. The molecule has 2 saturated heterocycles. The lowest BCUT2D eigenvalue weighted by Gasteiger charge is -2.48. The van der Waals surface area contributed by atoms with E-state index in [1.54, 1.807) is 27.7 Å². The van der Waals surface area contributed by atoms with E-state index < -0.39 is 266 Å². The number of primary amides is 1. The maximum atomic E-state index is 16.3. The summed E-state index contributed by atoms with van der Waals surface area (Å²) in [5.41, 5.74) is 6.93. The van der Waals surface area contributed by atoms with Crippen LogP contribution >= 0.6 is 23.2 Å². The molecule has 0 radical (unpaired) electrons. The summed E-state index contributed by atoms with van der Waals surface area (Å²) in [4.78, 5) is 138. The first-order chi connectivity index (χ1) is 59.2. The highest BCUT2D eigenvalue weighted by Crippen LogP contribution is 2.50. The maximum absolute atomic E-state index is 16.3. The van der Waals surface area contributed by atoms with Crippen molar-refractivity contribution in [1.82, 2.24) is 58.4 Å². The van der Waals surface area contributed by atoms with E-state index in [0.717, 1.165) is 84.9 Å². The number of fused-ring (bicyclic) bond motifs is 15. The van der Waals surface area contributed by atoms with Crippen molar-refractivity contribution in [1.29, 1.82) is 0 Å². The summed E-state index contributed by atoms with van der Waals surface area (Å²) in [5, 5.41) is 129.